The first kappa shape index (κ1) is 22.4. The average Bonchev–Trinajstić information content (AvgIpc) is 3.45. The van der Waals surface area contributed by atoms with Crippen LogP contribution in [0.25, 0.3) is 0 Å². The second kappa shape index (κ2) is 10.2. The highest BCUT2D eigenvalue weighted by Crippen LogP contribution is 2.33. The van der Waals surface area contributed by atoms with Crippen molar-refractivity contribution in [2.45, 2.75) is 64.3 Å². The van der Waals surface area contributed by atoms with E-state index < -0.39 is 11.6 Å². The molecule has 168 valence electrons. The van der Waals surface area contributed by atoms with Crippen LogP contribution < -0.4 is 0 Å². The third-order valence-electron chi connectivity index (χ3n) is 7.08. The average molecular weight is 427 g/mol. The van der Waals surface area contributed by atoms with Crippen LogP contribution in [-0.2, 0) is 6.42 Å². The SMILES string of the molecule is Cc1cccc(C)c1C(CN1CCCC1)CN(CCCc1c(F)cccc1F)C1CC1. The van der Waals surface area contributed by atoms with Gasteiger partial charge in [0.05, 0.1) is 0 Å². The summed E-state index contributed by atoms with van der Waals surface area (Å²) >= 11 is 0. The monoisotopic (exact) mass is 426 g/mol. The number of hydrogen-bond acceptors (Lipinski definition) is 2. The fourth-order valence-corrected chi connectivity index (χ4v) is 5.36. The Balaban J connectivity index is 1.46. The van der Waals surface area contributed by atoms with Gasteiger partial charge in [-0.1, -0.05) is 24.3 Å². The maximum absolute atomic E-state index is 14.0. The van der Waals surface area contributed by atoms with Gasteiger partial charge in [0, 0.05) is 30.6 Å². The number of likely N-dealkylation sites (tertiary alicyclic amines) is 1. The van der Waals surface area contributed by atoms with E-state index in [9.17, 15) is 8.78 Å². The normalized spacial score (nSPS) is 18.1. The molecule has 4 heteroatoms. The minimum absolute atomic E-state index is 0.238. The number of nitrogens with zero attached hydrogens (tertiary/aromatic N) is 2. The number of benzene rings is 2. The molecular formula is C27H36F2N2. The highest BCUT2D eigenvalue weighted by atomic mass is 19.1. The van der Waals surface area contributed by atoms with Gasteiger partial charge in [0.15, 0.2) is 0 Å². The first-order chi connectivity index (χ1) is 15.0. The molecule has 2 nitrogen and oxygen atoms in total. The fourth-order valence-electron chi connectivity index (χ4n) is 5.36. The molecule has 2 fully saturated rings. The van der Waals surface area contributed by atoms with Crippen molar-refractivity contribution in [2.75, 3.05) is 32.7 Å². The molecule has 0 spiro atoms. The first-order valence-corrected chi connectivity index (χ1v) is 12.0. The van der Waals surface area contributed by atoms with Crippen LogP contribution in [0, 0.1) is 25.5 Å². The van der Waals surface area contributed by atoms with Crippen LogP contribution in [0.1, 0.15) is 60.3 Å². The predicted octanol–water partition coefficient (Wildman–Crippen LogP) is 5.86. The van der Waals surface area contributed by atoms with Gasteiger partial charge in [0.25, 0.3) is 0 Å². The van der Waals surface area contributed by atoms with Crippen LogP contribution >= 0.6 is 0 Å². The van der Waals surface area contributed by atoms with E-state index in [1.165, 1.54) is 73.7 Å². The molecule has 2 aliphatic rings. The summed E-state index contributed by atoms with van der Waals surface area (Å²) in [6.45, 7) is 9.93. The van der Waals surface area contributed by atoms with Crippen molar-refractivity contribution >= 4 is 0 Å². The third kappa shape index (κ3) is 5.72. The lowest BCUT2D eigenvalue weighted by molar-refractivity contribution is 0.214. The molecule has 0 radical (unpaired) electrons. The Morgan fingerprint density at radius 2 is 1.58 bits per heavy atom. The van der Waals surface area contributed by atoms with Crippen molar-refractivity contribution in [3.8, 4) is 0 Å². The van der Waals surface area contributed by atoms with Crippen LogP contribution in [-0.4, -0.2) is 48.6 Å². The van der Waals surface area contributed by atoms with Crippen LogP contribution in [0.3, 0.4) is 0 Å². The van der Waals surface area contributed by atoms with E-state index in [-0.39, 0.29) is 5.56 Å². The molecule has 0 bridgehead atoms. The van der Waals surface area contributed by atoms with Gasteiger partial charge >= 0.3 is 0 Å². The molecular weight excluding hydrogens is 390 g/mol. The smallest absolute Gasteiger partial charge is 0.129 e. The minimum atomic E-state index is -0.416. The van der Waals surface area contributed by atoms with Crippen molar-refractivity contribution in [1.29, 1.82) is 0 Å². The molecule has 1 aliphatic heterocycles. The maximum atomic E-state index is 14.0. The largest absolute Gasteiger partial charge is 0.303 e. The molecule has 1 heterocycles. The predicted molar refractivity (Wildman–Crippen MR) is 124 cm³/mol. The standard InChI is InChI=1S/C27H36F2N2/c1-20-8-5-9-21(2)27(20)22(18-30-15-3-4-16-30)19-31(23-13-14-23)17-7-10-24-25(28)11-6-12-26(24)29/h5-6,8-9,11-12,22-23H,3-4,7,10,13-19H2,1-2H3. The lowest BCUT2D eigenvalue weighted by atomic mass is 9.89. The van der Waals surface area contributed by atoms with Gasteiger partial charge < -0.3 is 4.90 Å². The van der Waals surface area contributed by atoms with Gasteiger partial charge in [-0.15, -0.1) is 0 Å². The van der Waals surface area contributed by atoms with Crippen LogP contribution in [0.4, 0.5) is 8.78 Å². The first-order valence-electron chi connectivity index (χ1n) is 12.0. The zero-order chi connectivity index (χ0) is 21.8. The van der Waals surface area contributed by atoms with Gasteiger partial charge in [0.1, 0.15) is 11.6 Å². The Labute approximate surface area is 186 Å². The molecule has 2 aromatic carbocycles. The van der Waals surface area contributed by atoms with Gasteiger partial charge in [0.2, 0.25) is 0 Å². The van der Waals surface area contributed by atoms with Gasteiger partial charge in [-0.05, 0) is 101 Å². The summed E-state index contributed by atoms with van der Waals surface area (Å²) in [6.07, 6.45) is 6.36. The third-order valence-corrected chi connectivity index (χ3v) is 7.08. The summed E-state index contributed by atoms with van der Waals surface area (Å²) in [5.74, 6) is -0.356. The second-order valence-electron chi connectivity index (χ2n) is 9.54. The van der Waals surface area contributed by atoms with E-state index in [0.717, 1.165) is 26.1 Å². The summed E-state index contributed by atoms with van der Waals surface area (Å²) in [6, 6.07) is 11.4. The van der Waals surface area contributed by atoms with Gasteiger partial charge in [-0.2, -0.15) is 0 Å². The quantitative estimate of drug-likeness (QED) is 0.470. The molecule has 1 atom stereocenters. The zero-order valence-electron chi connectivity index (χ0n) is 19.0. The molecule has 31 heavy (non-hydrogen) atoms. The summed E-state index contributed by atoms with van der Waals surface area (Å²) in [5.41, 5.74) is 4.50. The topological polar surface area (TPSA) is 6.48 Å². The van der Waals surface area contributed by atoms with E-state index in [2.05, 4.69) is 41.8 Å². The summed E-state index contributed by atoms with van der Waals surface area (Å²) in [5, 5.41) is 0. The van der Waals surface area contributed by atoms with Crippen molar-refractivity contribution in [2.24, 2.45) is 0 Å². The number of aryl methyl sites for hydroxylation is 2. The highest BCUT2D eigenvalue weighted by molar-refractivity contribution is 5.37. The number of hydrogen-bond donors (Lipinski definition) is 0. The van der Waals surface area contributed by atoms with Gasteiger partial charge in [-0.3, -0.25) is 4.90 Å². The van der Waals surface area contributed by atoms with E-state index in [1.54, 1.807) is 0 Å². The molecule has 4 rings (SSSR count). The molecule has 1 saturated carbocycles. The summed E-state index contributed by atoms with van der Waals surface area (Å²) in [4.78, 5) is 5.22. The minimum Gasteiger partial charge on any atom is -0.303 e. The molecule has 1 saturated heterocycles. The van der Waals surface area contributed by atoms with Crippen LogP contribution in [0.2, 0.25) is 0 Å². The zero-order valence-corrected chi connectivity index (χ0v) is 19.0. The molecule has 0 N–H and O–H groups in total. The lowest BCUT2D eigenvalue weighted by Crippen LogP contribution is -2.37. The lowest BCUT2D eigenvalue weighted by Gasteiger charge is -2.32. The Morgan fingerprint density at radius 3 is 2.19 bits per heavy atom. The van der Waals surface area contributed by atoms with E-state index in [1.807, 2.05) is 0 Å². The van der Waals surface area contributed by atoms with E-state index in [4.69, 9.17) is 0 Å². The number of rotatable bonds is 10. The van der Waals surface area contributed by atoms with E-state index in [0.29, 0.717) is 18.4 Å². The Kier molecular flexibility index (Phi) is 7.39. The van der Waals surface area contributed by atoms with Gasteiger partial charge in [-0.25, -0.2) is 8.78 Å². The molecule has 1 unspecified atom stereocenters. The maximum Gasteiger partial charge on any atom is 0.129 e. The van der Waals surface area contributed by atoms with Crippen LogP contribution in [0.5, 0.6) is 0 Å². The molecule has 1 aliphatic carbocycles. The van der Waals surface area contributed by atoms with Crippen molar-refractivity contribution in [3.05, 3.63) is 70.3 Å². The Bertz CT molecular complexity index is 831. The Morgan fingerprint density at radius 1 is 0.968 bits per heavy atom. The highest BCUT2D eigenvalue weighted by Gasteiger charge is 2.32. The van der Waals surface area contributed by atoms with Crippen molar-refractivity contribution in [3.63, 3.8) is 0 Å². The summed E-state index contributed by atoms with van der Waals surface area (Å²) in [7, 11) is 0. The molecule has 0 amide bonds. The molecule has 0 aromatic heterocycles. The van der Waals surface area contributed by atoms with Crippen molar-refractivity contribution < 1.29 is 8.78 Å². The second-order valence-corrected chi connectivity index (χ2v) is 9.54. The molecule has 2 aromatic rings. The summed E-state index contributed by atoms with van der Waals surface area (Å²) < 4.78 is 28.1. The fraction of sp³-hybridized carbons (Fsp3) is 0.556. The Hall–Kier alpha value is -1.78. The number of halogens is 2. The van der Waals surface area contributed by atoms with Crippen molar-refractivity contribution in [1.82, 2.24) is 9.80 Å². The van der Waals surface area contributed by atoms with E-state index >= 15 is 0 Å². The van der Waals surface area contributed by atoms with Crippen LogP contribution in [0.15, 0.2) is 36.4 Å².